The highest BCUT2D eigenvalue weighted by Crippen LogP contribution is 2.46. The van der Waals surface area contributed by atoms with Gasteiger partial charge >= 0.3 is 5.97 Å². The molecule has 25 heavy (non-hydrogen) atoms. The van der Waals surface area contributed by atoms with Crippen molar-refractivity contribution in [3.63, 3.8) is 0 Å². The molecule has 1 heterocycles. The average Bonchev–Trinajstić information content (AvgIpc) is 3.28. The zero-order chi connectivity index (χ0) is 17.9. The Bertz CT molecular complexity index is 678. The van der Waals surface area contributed by atoms with Crippen LogP contribution in [0, 0.1) is 5.41 Å². The number of hydrogen-bond donors (Lipinski definition) is 2. The Morgan fingerprint density at radius 2 is 2.08 bits per heavy atom. The first-order valence-electron chi connectivity index (χ1n) is 8.45. The van der Waals surface area contributed by atoms with E-state index < -0.39 is 11.4 Å². The molecule has 0 bridgehead atoms. The summed E-state index contributed by atoms with van der Waals surface area (Å²) in [5.41, 5.74) is -0.209. The number of carbonyl (C=O) groups excluding carboxylic acids is 3. The highest BCUT2D eigenvalue weighted by molar-refractivity contribution is 6.13. The van der Waals surface area contributed by atoms with E-state index in [1.165, 1.54) is 13.2 Å². The maximum absolute atomic E-state index is 12.6. The van der Waals surface area contributed by atoms with Gasteiger partial charge in [-0.15, -0.1) is 0 Å². The van der Waals surface area contributed by atoms with E-state index in [0.29, 0.717) is 30.6 Å². The standard InChI is InChI=1S/C18H22N2O5/c1-24-15(21)12-4-2-5-13(10-12)20-17(23)18(7-8-18)16(22)19-11-14-6-3-9-25-14/h2,4-5,10,14H,3,6-9,11H2,1H3,(H,19,22)(H,20,23). The van der Waals surface area contributed by atoms with Gasteiger partial charge in [0.2, 0.25) is 11.8 Å². The van der Waals surface area contributed by atoms with Crippen molar-refractivity contribution < 1.29 is 23.9 Å². The molecule has 7 nitrogen and oxygen atoms in total. The molecule has 1 aromatic carbocycles. The Morgan fingerprint density at radius 1 is 1.28 bits per heavy atom. The van der Waals surface area contributed by atoms with Gasteiger partial charge in [-0.2, -0.15) is 0 Å². The van der Waals surface area contributed by atoms with Crippen molar-refractivity contribution >= 4 is 23.5 Å². The number of ether oxygens (including phenoxy) is 2. The SMILES string of the molecule is COC(=O)c1cccc(NC(=O)C2(C(=O)NCC3CCCO3)CC2)c1. The molecule has 1 aromatic rings. The number of anilines is 1. The molecule has 2 fully saturated rings. The molecule has 0 aromatic heterocycles. The topological polar surface area (TPSA) is 93.7 Å². The second kappa shape index (κ2) is 7.23. The van der Waals surface area contributed by atoms with E-state index in [2.05, 4.69) is 15.4 Å². The molecule has 1 aliphatic heterocycles. The highest BCUT2D eigenvalue weighted by atomic mass is 16.5. The van der Waals surface area contributed by atoms with Gasteiger partial charge in [0.15, 0.2) is 0 Å². The smallest absolute Gasteiger partial charge is 0.337 e. The lowest BCUT2D eigenvalue weighted by atomic mass is 10.0. The zero-order valence-corrected chi connectivity index (χ0v) is 14.2. The Kier molecular flexibility index (Phi) is 5.03. The van der Waals surface area contributed by atoms with Crippen molar-refractivity contribution in [2.45, 2.75) is 31.8 Å². The minimum atomic E-state index is -1.01. The molecule has 2 N–H and O–H groups in total. The molecule has 0 spiro atoms. The van der Waals surface area contributed by atoms with Crippen molar-refractivity contribution in [2.75, 3.05) is 25.6 Å². The Labute approximate surface area is 146 Å². The van der Waals surface area contributed by atoms with E-state index in [9.17, 15) is 14.4 Å². The summed E-state index contributed by atoms with van der Waals surface area (Å²) in [5.74, 6) is -1.09. The maximum atomic E-state index is 12.6. The fraction of sp³-hybridized carbons (Fsp3) is 0.500. The van der Waals surface area contributed by atoms with Gasteiger partial charge in [-0.1, -0.05) is 6.07 Å². The number of rotatable bonds is 6. The van der Waals surface area contributed by atoms with Crippen LogP contribution in [0.1, 0.15) is 36.0 Å². The highest BCUT2D eigenvalue weighted by Gasteiger charge is 2.56. The van der Waals surface area contributed by atoms with Crippen LogP contribution in [-0.4, -0.2) is 44.1 Å². The third kappa shape index (κ3) is 3.82. The predicted molar refractivity (Wildman–Crippen MR) is 90.1 cm³/mol. The molecule has 7 heteroatoms. The number of hydrogen-bond acceptors (Lipinski definition) is 5. The Morgan fingerprint density at radius 3 is 2.72 bits per heavy atom. The number of methoxy groups -OCH3 is 1. The first kappa shape index (κ1) is 17.4. The Balaban J connectivity index is 1.60. The summed E-state index contributed by atoms with van der Waals surface area (Å²) in [4.78, 5) is 36.6. The zero-order valence-electron chi connectivity index (χ0n) is 14.2. The fourth-order valence-corrected chi connectivity index (χ4v) is 2.96. The summed E-state index contributed by atoms with van der Waals surface area (Å²) in [6, 6.07) is 6.45. The van der Waals surface area contributed by atoms with Crippen LogP contribution < -0.4 is 10.6 Å². The van der Waals surface area contributed by atoms with E-state index in [4.69, 9.17) is 4.74 Å². The fourth-order valence-electron chi connectivity index (χ4n) is 2.96. The molecule has 2 amide bonds. The molecular formula is C18H22N2O5. The van der Waals surface area contributed by atoms with Crippen LogP contribution in [0.2, 0.25) is 0 Å². The van der Waals surface area contributed by atoms with Crippen LogP contribution in [0.15, 0.2) is 24.3 Å². The third-order valence-corrected chi connectivity index (χ3v) is 4.68. The predicted octanol–water partition coefficient (Wildman–Crippen LogP) is 1.49. The quantitative estimate of drug-likeness (QED) is 0.601. The third-order valence-electron chi connectivity index (χ3n) is 4.68. The maximum Gasteiger partial charge on any atom is 0.337 e. The van der Waals surface area contributed by atoms with Crippen LogP contribution in [0.4, 0.5) is 5.69 Å². The van der Waals surface area contributed by atoms with E-state index in [0.717, 1.165) is 19.4 Å². The van der Waals surface area contributed by atoms with Gasteiger partial charge < -0.3 is 20.1 Å². The van der Waals surface area contributed by atoms with Crippen molar-refractivity contribution in [3.05, 3.63) is 29.8 Å². The van der Waals surface area contributed by atoms with Gasteiger partial charge in [0.25, 0.3) is 0 Å². The molecule has 1 atom stereocenters. The lowest BCUT2D eigenvalue weighted by Gasteiger charge is -2.17. The first-order chi connectivity index (χ1) is 12.0. The summed E-state index contributed by atoms with van der Waals surface area (Å²) in [7, 11) is 1.30. The first-order valence-corrected chi connectivity index (χ1v) is 8.45. The number of carbonyl (C=O) groups is 3. The van der Waals surface area contributed by atoms with Gasteiger partial charge in [-0.05, 0) is 43.9 Å². The summed E-state index contributed by atoms with van der Waals surface area (Å²) >= 11 is 0. The summed E-state index contributed by atoms with van der Waals surface area (Å²) in [6.45, 7) is 1.16. The van der Waals surface area contributed by atoms with Crippen molar-refractivity contribution in [1.29, 1.82) is 0 Å². The summed E-state index contributed by atoms with van der Waals surface area (Å²) in [5, 5.41) is 5.57. The molecular weight excluding hydrogens is 324 g/mol. The summed E-state index contributed by atoms with van der Waals surface area (Å²) < 4.78 is 10.1. The van der Waals surface area contributed by atoms with E-state index in [1.54, 1.807) is 18.2 Å². The molecule has 1 saturated carbocycles. The second-order valence-electron chi connectivity index (χ2n) is 6.45. The van der Waals surface area contributed by atoms with Crippen molar-refractivity contribution in [1.82, 2.24) is 5.32 Å². The monoisotopic (exact) mass is 346 g/mol. The van der Waals surface area contributed by atoms with Gasteiger partial charge in [-0.25, -0.2) is 4.79 Å². The van der Waals surface area contributed by atoms with Gasteiger partial charge in [0.05, 0.1) is 18.8 Å². The molecule has 1 saturated heterocycles. The Hall–Kier alpha value is -2.41. The van der Waals surface area contributed by atoms with Gasteiger partial charge in [-0.3, -0.25) is 9.59 Å². The number of amides is 2. The van der Waals surface area contributed by atoms with Gasteiger partial charge in [0.1, 0.15) is 5.41 Å². The molecule has 0 radical (unpaired) electrons. The van der Waals surface area contributed by atoms with Crippen molar-refractivity contribution in [2.24, 2.45) is 5.41 Å². The lowest BCUT2D eigenvalue weighted by Crippen LogP contribution is -2.42. The summed E-state index contributed by atoms with van der Waals surface area (Å²) in [6.07, 6.45) is 3.02. The molecule has 1 aliphatic carbocycles. The number of nitrogens with one attached hydrogen (secondary N) is 2. The van der Waals surface area contributed by atoms with Crippen molar-refractivity contribution in [3.8, 4) is 0 Å². The van der Waals surface area contributed by atoms with E-state index in [1.807, 2.05) is 0 Å². The van der Waals surface area contributed by atoms with Crippen LogP contribution in [0.5, 0.6) is 0 Å². The number of benzene rings is 1. The molecule has 134 valence electrons. The van der Waals surface area contributed by atoms with Gasteiger partial charge in [0, 0.05) is 18.8 Å². The van der Waals surface area contributed by atoms with Crippen LogP contribution in [0.25, 0.3) is 0 Å². The van der Waals surface area contributed by atoms with E-state index in [-0.39, 0.29) is 17.9 Å². The van der Waals surface area contributed by atoms with Crippen LogP contribution in [0.3, 0.4) is 0 Å². The lowest BCUT2D eigenvalue weighted by molar-refractivity contribution is -0.134. The molecule has 1 unspecified atom stereocenters. The number of esters is 1. The second-order valence-corrected chi connectivity index (χ2v) is 6.45. The molecule has 2 aliphatic rings. The minimum Gasteiger partial charge on any atom is -0.465 e. The van der Waals surface area contributed by atoms with Crippen LogP contribution >= 0.6 is 0 Å². The minimum absolute atomic E-state index is 0.0412. The normalized spacial score (nSPS) is 20.6. The van der Waals surface area contributed by atoms with Crippen LogP contribution in [-0.2, 0) is 19.1 Å². The van der Waals surface area contributed by atoms with E-state index >= 15 is 0 Å². The largest absolute Gasteiger partial charge is 0.465 e. The molecule has 3 rings (SSSR count). The average molecular weight is 346 g/mol.